The van der Waals surface area contributed by atoms with Crippen molar-refractivity contribution in [1.82, 2.24) is 4.98 Å². The number of rotatable bonds is 1. The number of hydrogen-bond donors (Lipinski definition) is 1. The molecule has 0 aliphatic rings. The molecule has 0 bridgehead atoms. The third-order valence-electron chi connectivity index (χ3n) is 1.13. The zero-order chi connectivity index (χ0) is 8.43. The highest BCUT2D eigenvalue weighted by Crippen LogP contribution is 2.15. The van der Waals surface area contributed by atoms with Gasteiger partial charge < -0.3 is 5.73 Å². The third kappa shape index (κ3) is 1.46. The second-order valence-electron chi connectivity index (χ2n) is 1.86. The van der Waals surface area contributed by atoms with E-state index in [-0.39, 0.29) is 11.3 Å². The van der Waals surface area contributed by atoms with E-state index in [1.165, 1.54) is 6.20 Å². The van der Waals surface area contributed by atoms with Gasteiger partial charge in [-0.05, 0) is 11.6 Å². The van der Waals surface area contributed by atoms with Crippen LogP contribution in [-0.2, 0) is 0 Å². The number of aromatic nitrogens is 1. The Bertz CT molecular complexity index is 282. The Hall–Kier alpha value is -1.16. The highest BCUT2D eigenvalue weighted by molar-refractivity contribution is 6.68. The predicted molar refractivity (Wildman–Crippen MR) is 38.8 cm³/mol. The van der Waals surface area contributed by atoms with Crippen LogP contribution < -0.4 is 5.73 Å². The molecule has 3 nitrogen and oxygen atoms in total. The van der Waals surface area contributed by atoms with Gasteiger partial charge in [0.1, 0.15) is 0 Å². The molecule has 0 amide bonds. The lowest BCUT2D eigenvalue weighted by atomic mass is 10.2. The summed E-state index contributed by atoms with van der Waals surface area (Å²) in [4.78, 5) is 13.9. The maximum atomic E-state index is 12.7. The highest BCUT2D eigenvalue weighted by atomic mass is 35.5. The van der Waals surface area contributed by atoms with E-state index in [1.54, 1.807) is 0 Å². The summed E-state index contributed by atoms with van der Waals surface area (Å²) in [5.41, 5.74) is 4.85. The van der Waals surface area contributed by atoms with Crippen LogP contribution in [0.5, 0.6) is 0 Å². The smallest absolute Gasteiger partial charge is 0.257 e. The molecule has 5 heteroatoms. The molecular weight excluding hydrogens is 171 g/mol. The fourth-order valence-electron chi connectivity index (χ4n) is 0.657. The molecular formula is C6H4ClFN2O. The van der Waals surface area contributed by atoms with Gasteiger partial charge in [-0.2, -0.15) is 0 Å². The highest BCUT2D eigenvalue weighted by Gasteiger charge is 2.12. The summed E-state index contributed by atoms with van der Waals surface area (Å²) in [5.74, 6) is -0.801. The fraction of sp³-hybridized carbons (Fsp3) is 0. The van der Waals surface area contributed by atoms with Crippen molar-refractivity contribution in [3.8, 4) is 0 Å². The van der Waals surface area contributed by atoms with Gasteiger partial charge in [0.25, 0.3) is 5.24 Å². The molecule has 1 rings (SSSR count). The van der Waals surface area contributed by atoms with Crippen LogP contribution in [0.15, 0.2) is 12.4 Å². The number of nitrogens with zero attached hydrogens (tertiary/aromatic N) is 1. The Labute approximate surface area is 67.0 Å². The van der Waals surface area contributed by atoms with Gasteiger partial charge in [0, 0.05) is 0 Å². The minimum atomic E-state index is -0.914. The van der Waals surface area contributed by atoms with E-state index in [4.69, 9.17) is 17.3 Å². The summed E-state index contributed by atoms with van der Waals surface area (Å²) in [7, 11) is 0. The lowest BCUT2D eigenvalue weighted by molar-refractivity contribution is 0.107. The van der Waals surface area contributed by atoms with Gasteiger partial charge in [-0.25, -0.2) is 4.39 Å². The first-order chi connectivity index (χ1) is 5.13. The molecule has 0 atom stereocenters. The van der Waals surface area contributed by atoms with Crippen LogP contribution in [0.4, 0.5) is 10.1 Å². The maximum Gasteiger partial charge on any atom is 0.257 e. The first-order valence-corrected chi connectivity index (χ1v) is 3.09. The Kier molecular flexibility index (Phi) is 2.05. The molecule has 11 heavy (non-hydrogen) atoms. The van der Waals surface area contributed by atoms with Gasteiger partial charge in [-0.1, -0.05) is 0 Å². The van der Waals surface area contributed by atoms with Crippen molar-refractivity contribution in [1.29, 1.82) is 0 Å². The zero-order valence-electron chi connectivity index (χ0n) is 5.34. The molecule has 0 saturated carbocycles. The van der Waals surface area contributed by atoms with Gasteiger partial charge in [-0.15, -0.1) is 0 Å². The number of nitrogens with two attached hydrogens (primary N) is 1. The van der Waals surface area contributed by atoms with E-state index in [9.17, 15) is 9.18 Å². The Morgan fingerprint density at radius 1 is 1.64 bits per heavy atom. The molecule has 1 heterocycles. The Morgan fingerprint density at radius 2 is 2.27 bits per heavy atom. The number of pyridine rings is 1. The van der Waals surface area contributed by atoms with Gasteiger partial charge >= 0.3 is 0 Å². The van der Waals surface area contributed by atoms with Crippen LogP contribution in [0.25, 0.3) is 0 Å². The van der Waals surface area contributed by atoms with E-state index < -0.39 is 11.1 Å². The minimum absolute atomic E-state index is 0.0509. The topological polar surface area (TPSA) is 56.0 Å². The van der Waals surface area contributed by atoms with Crippen LogP contribution in [0.2, 0.25) is 0 Å². The largest absolute Gasteiger partial charge is 0.397 e. The molecule has 0 fully saturated rings. The molecule has 0 spiro atoms. The van der Waals surface area contributed by atoms with E-state index in [0.717, 1.165) is 6.20 Å². The van der Waals surface area contributed by atoms with E-state index in [1.807, 2.05) is 0 Å². The van der Waals surface area contributed by atoms with Crippen molar-refractivity contribution in [3.63, 3.8) is 0 Å². The van der Waals surface area contributed by atoms with Gasteiger partial charge in [-0.3, -0.25) is 9.78 Å². The van der Waals surface area contributed by atoms with Gasteiger partial charge in [0.2, 0.25) is 0 Å². The average molecular weight is 175 g/mol. The van der Waals surface area contributed by atoms with Gasteiger partial charge in [0.15, 0.2) is 5.82 Å². The summed E-state index contributed by atoms with van der Waals surface area (Å²) in [6.07, 6.45) is 2.05. The summed E-state index contributed by atoms with van der Waals surface area (Å²) in [6.45, 7) is 0. The van der Waals surface area contributed by atoms with Crippen molar-refractivity contribution in [2.45, 2.75) is 0 Å². The molecule has 2 N–H and O–H groups in total. The van der Waals surface area contributed by atoms with Crippen molar-refractivity contribution >= 4 is 22.5 Å². The molecule has 0 aliphatic heterocycles. The SMILES string of the molecule is Nc1cncc(F)c1C(=O)Cl. The van der Waals surface area contributed by atoms with Crippen LogP contribution in [0.3, 0.4) is 0 Å². The summed E-state index contributed by atoms with van der Waals surface area (Å²) in [5, 5.41) is -0.914. The van der Waals surface area contributed by atoms with Gasteiger partial charge in [0.05, 0.1) is 23.6 Å². The average Bonchev–Trinajstić information content (AvgIpc) is 1.85. The fourth-order valence-corrected chi connectivity index (χ4v) is 0.857. The van der Waals surface area contributed by atoms with Crippen molar-refractivity contribution in [2.75, 3.05) is 5.73 Å². The van der Waals surface area contributed by atoms with Crippen molar-refractivity contribution < 1.29 is 9.18 Å². The van der Waals surface area contributed by atoms with Crippen LogP contribution in [0.1, 0.15) is 10.4 Å². The third-order valence-corrected chi connectivity index (χ3v) is 1.31. The first-order valence-electron chi connectivity index (χ1n) is 2.71. The molecule has 0 aliphatic carbocycles. The molecule has 1 aromatic heterocycles. The van der Waals surface area contributed by atoms with Crippen molar-refractivity contribution in [2.24, 2.45) is 0 Å². The number of halogens is 2. The monoisotopic (exact) mass is 174 g/mol. The van der Waals surface area contributed by atoms with Crippen LogP contribution in [0, 0.1) is 5.82 Å². The van der Waals surface area contributed by atoms with Crippen LogP contribution in [-0.4, -0.2) is 10.2 Å². The molecule has 1 aromatic rings. The standard InChI is InChI=1S/C6H4ClFN2O/c7-6(11)5-3(8)1-10-2-4(5)9/h1-2H,9H2. The van der Waals surface area contributed by atoms with Crippen molar-refractivity contribution in [3.05, 3.63) is 23.8 Å². The number of nitrogen functional groups attached to an aromatic ring is 1. The first kappa shape index (κ1) is 7.94. The van der Waals surface area contributed by atoms with E-state index in [0.29, 0.717) is 0 Å². The summed E-state index contributed by atoms with van der Waals surface area (Å²) >= 11 is 5.03. The zero-order valence-corrected chi connectivity index (χ0v) is 6.10. The summed E-state index contributed by atoms with van der Waals surface area (Å²) < 4.78 is 12.7. The lowest BCUT2D eigenvalue weighted by Crippen LogP contribution is -2.01. The Morgan fingerprint density at radius 3 is 2.64 bits per heavy atom. The molecule has 58 valence electrons. The minimum Gasteiger partial charge on any atom is -0.397 e. The molecule has 0 radical (unpaired) electrons. The lowest BCUT2D eigenvalue weighted by Gasteiger charge is -1.98. The van der Waals surface area contributed by atoms with Crippen LogP contribution >= 0.6 is 11.6 Å². The Balaban J connectivity index is 3.32. The quantitative estimate of drug-likeness (QED) is 0.651. The molecule has 0 aromatic carbocycles. The number of hydrogen-bond acceptors (Lipinski definition) is 3. The number of carbonyl (C=O) groups is 1. The van der Waals surface area contributed by atoms with E-state index in [2.05, 4.69) is 4.98 Å². The maximum absolute atomic E-state index is 12.7. The summed E-state index contributed by atoms with van der Waals surface area (Å²) in [6, 6.07) is 0. The number of carbonyl (C=O) groups excluding carboxylic acids is 1. The molecule has 0 unspecified atom stereocenters. The second kappa shape index (κ2) is 2.84. The second-order valence-corrected chi connectivity index (χ2v) is 2.20. The predicted octanol–water partition coefficient (Wildman–Crippen LogP) is 1.18. The van der Waals surface area contributed by atoms with E-state index >= 15 is 0 Å². The normalized spacial score (nSPS) is 9.64. The molecule has 0 saturated heterocycles. The number of anilines is 1.